The Morgan fingerprint density at radius 3 is 2.15 bits per heavy atom. The van der Waals surface area contributed by atoms with Crippen molar-refractivity contribution in [2.45, 2.75) is 69.9 Å². The number of likely N-dealkylation sites (N-methyl/N-ethyl adjacent to an activating group) is 1. The van der Waals surface area contributed by atoms with Gasteiger partial charge in [-0.05, 0) is 96.8 Å². The van der Waals surface area contributed by atoms with Gasteiger partial charge in [0.1, 0.15) is 0 Å². The quantitative estimate of drug-likeness (QED) is 0.165. The lowest BCUT2D eigenvalue weighted by atomic mass is 9.84. The van der Waals surface area contributed by atoms with E-state index >= 15 is 0 Å². The summed E-state index contributed by atoms with van der Waals surface area (Å²) < 4.78 is 28.0. The molecule has 0 aromatic heterocycles. The molecule has 1 aliphatic rings. The van der Waals surface area contributed by atoms with Gasteiger partial charge in [0.2, 0.25) is 15.9 Å². The first-order valence-corrected chi connectivity index (χ1v) is 17.5. The number of amides is 2. The van der Waals surface area contributed by atoms with E-state index in [2.05, 4.69) is 17.6 Å². The molecule has 0 radical (unpaired) electrons. The van der Waals surface area contributed by atoms with E-state index in [9.17, 15) is 18.0 Å². The maximum atomic E-state index is 13.9. The molecule has 2 amide bonds. The molecule has 0 spiro atoms. The zero-order valence-electron chi connectivity index (χ0n) is 27.3. The normalized spacial score (nSPS) is 13.8. The second-order valence-electron chi connectivity index (χ2n) is 12.3. The minimum absolute atomic E-state index is 0.144. The molecule has 1 aliphatic carbocycles. The molecule has 0 saturated heterocycles. The Hall–Kier alpha value is -4.31. The maximum absolute atomic E-state index is 13.9. The molecule has 47 heavy (non-hydrogen) atoms. The Morgan fingerprint density at radius 2 is 1.49 bits per heavy atom. The van der Waals surface area contributed by atoms with Crippen LogP contribution in [0.4, 0.5) is 5.69 Å². The van der Waals surface area contributed by atoms with E-state index in [1.807, 2.05) is 56.3 Å². The van der Waals surface area contributed by atoms with Crippen LogP contribution in [-0.2, 0) is 32.8 Å². The van der Waals surface area contributed by atoms with Gasteiger partial charge < -0.3 is 4.90 Å². The van der Waals surface area contributed by atoms with Crippen LogP contribution in [0.1, 0.15) is 76.2 Å². The Bertz CT molecular complexity index is 1770. The molecule has 0 aliphatic heterocycles. The zero-order valence-corrected chi connectivity index (χ0v) is 28.1. The van der Waals surface area contributed by atoms with Crippen LogP contribution in [0, 0.1) is 13.8 Å². The van der Waals surface area contributed by atoms with Crippen LogP contribution in [0.15, 0.2) is 102 Å². The lowest BCUT2D eigenvalue weighted by Gasteiger charge is -2.26. The maximum Gasteiger partial charge on any atom is 0.274 e. The molecule has 0 unspecified atom stereocenters. The third-order valence-electron chi connectivity index (χ3n) is 8.93. The van der Waals surface area contributed by atoms with Gasteiger partial charge in [-0.25, -0.2) is 13.9 Å². The van der Waals surface area contributed by atoms with E-state index in [1.54, 1.807) is 47.4 Å². The van der Waals surface area contributed by atoms with Gasteiger partial charge in [-0.1, -0.05) is 79.9 Å². The average Bonchev–Trinajstić information content (AvgIpc) is 3.09. The van der Waals surface area contributed by atoms with Crippen molar-refractivity contribution in [1.82, 2.24) is 9.79 Å². The highest BCUT2D eigenvalue weighted by Crippen LogP contribution is 2.33. The summed E-state index contributed by atoms with van der Waals surface area (Å²) in [6.07, 6.45) is 6.19. The van der Waals surface area contributed by atoms with E-state index in [1.165, 1.54) is 44.7 Å². The van der Waals surface area contributed by atoms with Crippen molar-refractivity contribution < 1.29 is 22.8 Å². The summed E-state index contributed by atoms with van der Waals surface area (Å²) in [5.41, 5.74) is 8.39. The first-order valence-electron chi connectivity index (χ1n) is 16.1. The average molecular weight is 654 g/mol. The first kappa shape index (κ1) is 34.0. The number of carbonyl (C=O) groups excluding carboxylic acids is 2. The highest BCUT2D eigenvalue weighted by molar-refractivity contribution is 7.89. The van der Waals surface area contributed by atoms with Crippen molar-refractivity contribution in [1.29, 1.82) is 0 Å². The molecule has 4 aromatic carbocycles. The summed E-state index contributed by atoms with van der Waals surface area (Å²) in [5, 5.41) is 0. The summed E-state index contributed by atoms with van der Waals surface area (Å²) in [6.45, 7) is 3.90. The summed E-state index contributed by atoms with van der Waals surface area (Å²) >= 11 is 0. The second-order valence-corrected chi connectivity index (χ2v) is 14.4. The van der Waals surface area contributed by atoms with Crippen LogP contribution in [-0.4, -0.2) is 38.1 Å². The zero-order chi connectivity index (χ0) is 33.4. The van der Waals surface area contributed by atoms with Gasteiger partial charge in [0.05, 0.1) is 24.6 Å². The molecule has 1 N–H and O–H groups in total. The lowest BCUT2D eigenvalue weighted by Crippen LogP contribution is -2.41. The Morgan fingerprint density at radius 1 is 0.809 bits per heavy atom. The number of hydrogen-bond acceptors (Lipinski definition) is 5. The highest BCUT2D eigenvalue weighted by atomic mass is 32.2. The van der Waals surface area contributed by atoms with Gasteiger partial charge >= 0.3 is 0 Å². The monoisotopic (exact) mass is 653 g/mol. The van der Waals surface area contributed by atoms with Gasteiger partial charge in [-0.15, -0.1) is 0 Å². The third-order valence-corrected chi connectivity index (χ3v) is 10.7. The number of aryl methyl sites for hydroxylation is 2. The van der Waals surface area contributed by atoms with Gasteiger partial charge in [0.15, 0.2) is 0 Å². The van der Waals surface area contributed by atoms with Crippen LogP contribution in [0.5, 0.6) is 0 Å². The fraction of sp³-hybridized carbons (Fsp3) is 0.316. The topological polar surface area (TPSA) is 96.0 Å². The van der Waals surface area contributed by atoms with E-state index < -0.39 is 15.9 Å². The van der Waals surface area contributed by atoms with Crippen LogP contribution in [0.2, 0.25) is 0 Å². The number of carbonyl (C=O) groups is 2. The van der Waals surface area contributed by atoms with Gasteiger partial charge in [0, 0.05) is 18.3 Å². The number of rotatable bonds is 12. The van der Waals surface area contributed by atoms with Crippen molar-refractivity contribution in [3.05, 3.63) is 130 Å². The molecular weight excluding hydrogens is 611 g/mol. The van der Waals surface area contributed by atoms with Crippen molar-refractivity contribution in [2.24, 2.45) is 0 Å². The van der Waals surface area contributed by atoms with Crippen LogP contribution in [0.25, 0.3) is 0 Å². The largest absolute Gasteiger partial charge is 0.307 e. The molecule has 0 atom stereocenters. The number of hydroxylamine groups is 1. The third kappa shape index (κ3) is 8.74. The van der Waals surface area contributed by atoms with Crippen molar-refractivity contribution in [2.75, 3.05) is 18.5 Å². The van der Waals surface area contributed by atoms with E-state index in [-0.39, 0.29) is 30.5 Å². The van der Waals surface area contributed by atoms with Crippen LogP contribution in [0.3, 0.4) is 0 Å². The molecule has 4 aromatic rings. The fourth-order valence-electron chi connectivity index (χ4n) is 5.86. The predicted molar refractivity (Wildman–Crippen MR) is 184 cm³/mol. The molecule has 8 nitrogen and oxygen atoms in total. The first-order chi connectivity index (χ1) is 22.6. The van der Waals surface area contributed by atoms with Crippen LogP contribution >= 0.6 is 0 Å². The van der Waals surface area contributed by atoms with Crippen LogP contribution < -0.4 is 10.4 Å². The SMILES string of the molecule is Cc1ccc(S(=O)(=O)N(C)CC(=O)N(Cc2ccc(C3CCCCC3)cc2)c2ccc(C(=O)NOCc3ccccc3)cc2)cc1C. The number of sulfonamides is 1. The number of hydrogen-bond donors (Lipinski definition) is 1. The van der Waals surface area contributed by atoms with Crippen molar-refractivity contribution >= 4 is 27.5 Å². The second kappa shape index (κ2) is 15.5. The molecule has 9 heteroatoms. The minimum Gasteiger partial charge on any atom is -0.307 e. The number of benzene rings is 4. The van der Waals surface area contributed by atoms with E-state index in [0.717, 1.165) is 26.6 Å². The standard InChI is InChI=1S/C38H43N3O5S/c1-28-14-23-36(24-29(28)2)47(44,45)40(3)26-37(42)41(25-30-15-17-33(18-16-30)32-12-8-5-9-13-32)35-21-19-34(20-22-35)38(43)39-46-27-31-10-6-4-7-11-31/h4,6-7,10-11,14-24,32H,5,8-9,12-13,25-27H2,1-3H3,(H,39,43). The summed E-state index contributed by atoms with van der Waals surface area (Å²) in [7, 11) is -2.49. The molecule has 5 rings (SSSR count). The van der Waals surface area contributed by atoms with Gasteiger partial charge in [0.25, 0.3) is 5.91 Å². The molecule has 1 fully saturated rings. The smallest absolute Gasteiger partial charge is 0.274 e. The number of nitrogens with zero attached hydrogens (tertiary/aromatic N) is 2. The summed E-state index contributed by atoms with van der Waals surface area (Å²) in [6, 6.07) is 29.5. The predicted octanol–water partition coefficient (Wildman–Crippen LogP) is 7.07. The Labute approximate surface area is 278 Å². The van der Waals surface area contributed by atoms with Crippen molar-refractivity contribution in [3.8, 4) is 0 Å². The van der Waals surface area contributed by atoms with E-state index in [4.69, 9.17) is 4.84 Å². The van der Waals surface area contributed by atoms with E-state index in [0.29, 0.717) is 17.2 Å². The number of nitrogens with one attached hydrogen (secondary N) is 1. The molecule has 1 saturated carbocycles. The van der Waals surface area contributed by atoms with Crippen molar-refractivity contribution in [3.63, 3.8) is 0 Å². The lowest BCUT2D eigenvalue weighted by molar-refractivity contribution is -0.118. The Kier molecular flexibility index (Phi) is 11.2. The summed E-state index contributed by atoms with van der Waals surface area (Å²) in [5.74, 6) is -0.238. The minimum atomic E-state index is -3.91. The molecule has 246 valence electrons. The molecular formula is C38H43N3O5S. The molecule has 0 heterocycles. The number of anilines is 1. The Balaban J connectivity index is 1.33. The van der Waals surface area contributed by atoms with Gasteiger partial charge in [-0.2, -0.15) is 4.31 Å². The summed E-state index contributed by atoms with van der Waals surface area (Å²) in [4.78, 5) is 33.7. The highest BCUT2D eigenvalue weighted by Gasteiger charge is 2.27. The van der Waals surface area contributed by atoms with Gasteiger partial charge in [-0.3, -0.25) is 14.4 Å². The fourth-order valence-corrected chi connectivity index (χ4v) is 7.07. The molecule has 0 bridgehead atoms.